The Morgan fingerprint density at radius 3 is 2.69 bits per heavy atom. The van der Waals surface area contributed by atoms with Crippen molar-refractivity contribution in [2.75, 3.05) is 17.7 Å². The maximum absolute atomic E-state index is 14.2. The molecule has 8 heterocycles. The quantitative estimate of drug-likeness (QED) is 0.173. The van der Waals surface area contributed by atoms with Crippen LogP contribution in [0.1, 0.15) is 92.9 Å². The minimum Gasteiger partial charge on any atom is -0.421 e. The SMILES string of the molecule is Cc1nnc(-c2c(CCC34CCC(CC3)OC4)nc3c(c2-c2cc4ccnc(NC5CCc6ncccc65)c4s2)S(=O)(=O)CC3C(C)C)o1. The Hall–Kier alpha value is -3.74. The molecule has 1 N–H and O–H groups in total. The van der Waals surface area contributed by atoms with E-state index in [9.17, 15) is 8.42 Å². The first-order valence-corrected chi connectivity index (χ1v) is 20.0. The van der Waals surface area contributed by atoms with Gasteiger partial charge in [0.1, 0.15) is 5.82 Å². The average molecular weight is 697 g/mol. The van der Waals surface area contributed by atoms with Gasteiger partial charge < -0.3 is 14.5 Å². The van der Waals surface area contributed by atoms with Gasteiger partial charge in [-0.05, 0) is 91.8 Å². The minimum absolute atomic E-state index is 0.0410. The average Bonchev–Trinajstić information content (AvgIpc) is 3.89. The van der Waals surface area contributed by atoms with Gasteiger partial charge in [0, 0.05) is 41.4 Å². The summed E-state index contributed by atoms with van der Waals surface area (Å²) in [6.45, 7) is 6.71. The van der Waals surface area contributed by atoms with E-state index in [-0.39, 0.29) is 29.0 Å². The smallest absolute Gasteiger partial charge is 0.250 e. The van der Waals surface area contributed by atoms with Gasteiger partial charge in [-0.2, -0.15) is 0 Å². The largest absolute Gasteiger partial charge is 0.421 e. The molecule has 2 aliphatic carbocycles. The van der Waals surface area contributed by atoms with Crippen molar-refractivity contribution in [3.05, 3.63) is 65.2 Å². The topological polar surface area (TPSA) is 133 Å². The van der Waals surface area contributed by atoms with E-state index in [0.29, 0.717) is 46.0 Å². The lowest BCUT2D eigenvalue weighted by molar-refractivity contribution is -0.117. The Labute approximate surface area is 290 Å². The van der Waals surface area contributed by atoms with Crippen LogP contribution in [0.2, 0.25) is 0 Å². The zero-order valence-electron chi connectivity index (χ0n) is 28.0. The molecule has 2 bridgehead atoms. The minimum atomic E-state index is -3.67. The number of nitrogens with one attached hydrogen (secondary N) is 1. The van der Waals surface area contributed by atoms with E-state index in [1.54, 1.807) is 18.3 Å². The third-order valence-corrected chi connectivity index (χ3v) is 14.3. The van der Waals surface area contributed by atoms with E-state index >= 15 is 0 Å². The van der Waals surface area contributed by atoms with Crippen LogP contribution < -0.4 is 5.32 Å². The molecule has 0 amide bonds. The first-order chi connectivity index (χ1) is 23.7. The number of anilines is 1. The zero-order chi connectivity index (χ0) is 33.5. The molecule has 2 atom stereocenters. The number of ether oxygens (including phenoxy) is 1. The summed E-state index contributed by atoms with van der Waals surface area (Å²) in [5.41, 5.74) is 5.20. The predicted molar refractivity (Wildman–Crippen MR) is 188 cm³/mol. The van der Waals surface area contributed by atoms with Crippen LogP contribution in [0.3, 0.4) is 0 Å². The zero-order valence-corrected chi connectivity index (χ0v) is 29.7. The maximum atomic E-state index is 14.2. The number of thiophene rings is 1. The molecule has 0 spiro atoms. The van der Waals surface area contributed by atoms with Gasteiger partial charge in [0.15, 0.2) is 9.84 Å². The van der Waals surface area contributed by atoms with Gasteiger partial charge in [0.2, 0.25) is 11.8 Å². The van der Waals surface area contributed by atoms with E-state index in [1.807, 2.05) is 24.5 Å². The van der Waals surface area contributed by atoms with Gasteiger partial charge >= 0.3 is 0 Å². The van der Waals surface area contributed by atoms with Crippen molar-refractivity contribution in [3.63, 3.8) is 0 Å². The van der Waals surface area contributed by atoms with Crippen LogP contribution in [0.5, 0.6) is 0 Å². The highest BCUT2D eigenvalue weighted by Crippen LogP contribution is 2.52. The van der Waals surface area contributed by atoms with Gasteiger partial charge in [0.05, 0.1) is 51.1 Å². The first-order valence-electron chi connectivity index (χ1n) is 17.5. The summed E-state index contributed by atoms with van der Waals surface area (Å²) < 4.78 is 41.8. The summed E-state index contributed by atoms with van der Waals surface area (Å²) >= 11 is 1.56. The van der Waals surface area contributed by atoms with Gasteiger partial charge in [-0.1, -0.05) is 19.9 Å². The fraction of sp³-hybridized carbons (Fsp3) is 0.486. The number of aryl methyl sites for hydroxylation is 3. The highest BCUT2D eigenvalue weighted by Gasteiger charge is 2.45. The summed E-state index contributed by atoms with van der Waals surface area (Å²) in [6.07, 6.45) is 12.0. The molecule has 3 fully saturated rings. The van der Waals surface area contributed by atoms with Gasteiger partial charge in [-0.3, -0.25) is 9.97 Å². The highest BCUT2D eigenvalue weighted by atomic mass is 32.2. The van der Waals surface area contributed by atoms with E-state index < -0.39 is 9.84 Å². The number of sulfone groups is 1. The molecular formula is C37H40N6O4S2. The molecule has 3 aliphatic heterocycles. The Bertz CT molecular complexity index is 2190. The Kier molecular flexibility index (Phi) is 7.44. The molecule has 5 aliphatic rings. The number of hydrogen-bond acceptors (Lipinski definition) is 11. The number of pyridine rings is 3. The van der Waals surface area contributed by atoms with E-state index in [0.717, 1.165) is 83.7 Å². The molecule has 5 aromatic heterocycles. The second kappa shape index (κ2) is 11.7. The summed E-state index contributed by atoms with van der Waals surface area (Å²) in [4.78, 5) is 15.8. The van der Waals surface area contributed by atoms with Crippen LogP contribution in [0.4, 0.5) is 5.82 Å². The Morgan fingerprint density at radius 1 is 1.08 bits per heavy atom. The normalized spacial score (nSPS) is 25.3. The van der Waals surface area contributed by atoms with Crippen LogP contribution in [-0.4, -0.2) is 52.0 Å². The molecule has 2 saturated heterocycles. The molecule has 12 heteroatoms. The van der Waals surface area contributed by atoms with E-state index in [4.69, 9.17) is 19.1 Å². The molecule has 2 unspecified atom stereocenters. The molecule has 0 aromatic carbocycles. The molecule has 254 valence electrons. The van der Waals surface area contributed by atoms with Gasteiger partial charge in [-0.15, -0.1) is 21.5 Å². The second-order valence-corrected chi connectivity index (χ2v) is 17.8. The molecule has 10 nitrogen and oxygen atoms in total. The van der Waals surface area contributed by atoms with E-state index in [1.165, 1.54) is 5.56 Å². The van der Waals surface area contributed by atoms with Crippen LogP contribution in [0.25, 0.3) is 32.0 Å². The third kappa shape index (κ3) is 5.29. The van der Waals surface area contributed by atoms with Crippen molar-refractivity contribution in [1.29, 1.82) is 0 Å². The lowest BCUT2D eigenvalue weighted by Crippen LogP contribution is -2.42. The number of hydrogen-bond donors (Lipinski definition) is 1. The van der Waals surface area contributed by atoms with E-state index in [2.05, 4.69) is 46.5 Å². The number of fused-ring (bicyclic) bond motifs is 6. The molecular weight excluding hydrogens is 657 g/mol. The summed E-state index contributed by atoms with van der Waals surface area (Å²) in [5, 5.41) is 13.4. The van der Waals surface area contributed by atoms with Crippen molar-refractivity contribution in [2.24, 2.45) is 11.3 Å². The molecule has 1 saturated carbocycles. The first kappa shape index (κ1) is 31.3. The van der Waals surface area contributed by atoms with Crippen molar-refractivity contribution in [2.45, 2.75) is 95.1 Å². The molecule has 10 rings (SSSR count). The van der Waals surface area contributed by atoms with Crippen molar-refractivity contribution < 1.29 is 17.6 Å². The monoisotopic (exact) mass is 696 g/mol. The molecule has 5 aromatic rings. The molecule has 49 heavy (non-hydrogen) atoms. The number of rotatable bonds is 8. The van der Waals surface area contributed by atoms with Crippen LogP contribution in [-0.2, 0) is 27.4 Å². The van der Waals surface area contributed by atoms with Crippen LogP contribution in [0, 0.1) is 18.3 Å². The fourth-order valence-electron chi connectivity index (χ4n) is 8.59. The lowest BCUT2D eigenvalue weighted by Gasteiger charge is -2.46. The summed E-state index contributed by atoms with van der Waals surface area (Å²) in [6, 6.07) is 8.30. The van der Waals surface area contributed by atoms with Crippen molar-refractivity contribution in [3.8, 4) is 21.9 Å². The standard InChI is InChI=1S/C37H40N6O4S2/c1-20(2)25-18-49(44,45)34-31(29-17-22-11-16-39-35(33(22)48-29)41-27-7-6-26-24(27)5-4-15-38-26)30(36-43-42-21(3)47-36)28(40-32(25)34)10-14-37-12-8-23(9-13-37)46-19-37/h4-5,11,15-17,20,23,25,27H,6-10,12-14,18-19H2,1-3H3,(H,39,41). The summed E-state index contributed by atoms with van der Waals surface area (Å²) in [5.74, 6) is 1.46. The Balaban J connectivity index is 1.22. The van der Waals surface area contributed by atoms with Gasteiger partial charge in [0.25, 0.3) is 0 Å². The third-order valence-electron chi connectivity index (χ3n) is 11.3. The van der Waals surface area contributed by atoms with Gasteiger partial charge in [-0.25, -0.2) is 13.4 Å². The number of aromatic nitrogens is 5. The van der Waals surface area contributed by atoms with Crippen molar-refractivity contribution in [1.82, 2.24) is 25.1 Å². The maximum Gasteiger partial charge on any atom is 0.250 e. The molecule has 0 radical (unpaired) electrons. The van der Waals surface area contributed by atoms with Crippen LogP contribution in [0.15, 0.2) is 46.0 Å². The Morgan fingerprint density at radius 2 is 1.94 bits per heavy atom. The summed E-state index contributed by atoms with van der Waals surface area (Å²) in [7, 11) is -3.67. The number of nitrogens with zero attached hydrogens (tertiary/aromatic N) is 5. The van der Waals surface area contributed by atoms with Crippen LogP contribution >= 0.6 is 11.3 Å². The predicted octanol–water partition coefficient (Wildman–Crippen LogP) is 7.63. The fourth-order valence-corrected chi connectivity index (χ4v) is 12.0. The highest BCUT2D eigenvalue weighted by molar-refractivity contribution is 7.92. The van der Waals surface area contributed by atoms with Crippen molar-refractivity contribution >= 4 is 37.1 Å². The lowest BCUT2D eigenvalue weighted by atomic mass is 9.68. The second-order valence-electron chi connectivity index (χ2n) is 14.8.